The maximum Gasteiger partial charge on any atom is 0.305 e. The molecule has 1 aromatic rings. The van der Waals surface area contributed by atoms with Crippen LogP contribution in [0.3, 0.4) is 0 Å². The number of para-hydroxylation sites is 1. The lowest BCUT2D eigenvalue weighted by atomic mass is 9.94. The van der Waals surface area contributed by atoms with Crippen molar-refractivity contribution in [3.05, 3.63) is 28.7 Å². The maximum atomic E-state index is 12.3. The molecule has 6 nitrogen and oxygen atoms in total. The average Bonchev–Trinajstić information content (AvgIpc) is 2.88. The number of ether oxygens (including phenoxy) is 2. The van der Waals surface area contributed by atoms with Crippen LogP contribution in [0, 0.1) is 0 Å². The zero-order chi connectivity index (χ0) is 16.2. The third kappa shape index (κ3) is 4.20. The third-order valence-corrected chi connectivity index (χ3v) is 4.15. The number of carbonyl (C=O) groups is 2. The average molecular weight is 372 g/mol. The molecule has 120 valence electrons. The van der Waals surface area contributed by atoms with Crippen molar-refractivity contribution in [1.82, 2.24) is 5.32 Å². The Morgan fingerprint density at radius 2 is 2.23 bits per heavy atom. The molecule has 1 aliphatic heterocycles. The van der Waals surface area contributed by atoms with E-state index >= 15 is 0 Å². The molecule has 1 amide bonds. The Kier molecular flexibility index (Phi) is 5.42. The van der Waals surface area contributed by atoms with Crippen molar-refractivity contribution in [3.8, 4) is 5.75 Å². The van der Waals surface area contributed by atoms with Crippen molar-refractivity contribution >= 4 is 27.8 Å². The summed E-state index contributed by atoms with van der Waals surface area (Å²) in [5.41, 5.74) is -0.853. The fourth-order valence-electron chi connectivity index (χ4n) is 2.33. The molecule has 0 aliphatic carbocycles. The molecule has 2 atom stereocenters. The molecule has 1 fully saturated rings. The molecule has 0 aromatic heterocycles. The number of aliphatic carboxylic acids is 1. The smallest absolute Gasteiger partial charge is 0.305 e. The Hall–Kier alpha value is -1.60. The van der Waals surface area contributed by atoms with Crippen molar-refractivity contribution in [2.24, 2.45) is 0 Å². The third-order valence-electron chi connectivity index (χ3n) is 3.49. The predicted octanol–water partition coefficient (Wildman–Crippen LogP) is 1.97. The van der Waals surface area contributed by atoms with Gasteiger partial charge in [0.25, 0.3) is 5.91 Å². The highest BCUT2D eigenvalue weighted by atomic mass is 79.9. The lowest BCUT2D eigenvalue weighted by Gasteiger charge is -2.28. The molecular formula is C15H18BrNO5. The second kappa shape index (κ2) is 7.11. The molecule has 0 radical (unpaired) electrons. The van der Waals surface area contributed by atoms with E-state index in [-0.39, 0.29) is 18.9 Å². The van der Waals surface area contributed by atoms with Crippen LogP contribution in [0.4, 0.5) is 0 Å². The Bertz CT molecular complexity index is 557. The molecule has 1 saturated heterocycles. The van der Waals surface area contributed by atoms with Gasteiger partial charge in [-0.2, -0.15) is 0 Å². The van der Waals surface area contributed by atoms with Crippen molar-refractivity contribution in [1.29, 1.82) is 0 Å². The molecule has 0 spiro atoms. The lowest BCUT2D eigenvalue weighted by molar-refractivity contribution is -0.139. The van der Waals surface area contributed by atoms with E-state index in [4.69, 9.17) is 14.6 Å². The van der Waals surface area contributed by atoms with E-state index < -0.39 is 17.6 Å². The number of hydrogen-bond acceptors (Lipinski definition) is 4. The molecule has 7 heteroatoms. The van der Waals surface area contributed by atoms with E-state index in [2.05, 4.69) is 21.2 Å². The molecular weight excluding hydrogens is 354 g/mol. The second-order valence-electron chi connectivity index (χ2n) is 5.33. The summed E-state index contributed by atoms with van der Waals surface area (Å²) in [5.74, 6) is -0.771. The van der Waals surface area contributed by atoms with Gasteiger partial charge in [0.1, 0.15) is 5.75 Å². The van der Waals surface area contributed by atoms with Crippen LogP contribution in [0.25, 0.3) is 0 Å². The van der Waals surface area contributed by atoms with E-state index in [1.54, 1.807) is 19.1 Å². The van der Waals surface area contributed by atoms with Gasteiger partial charge in [-0.05, 0) is 41.4 Å². The Labute approximate surface area is 136 Å². The Morgan fingerprint density at radius 3 is 2.82 bits per heavy atom. The monoisotopic (exact) mass is 371 g/mol. The van der Waals surface area contributed by atoms with Crippen LogP contribution in [-0.2, 0) is 14.3 Å². The number of halogens is 1. The summed E-state index contributed by atoms with van der Waals surface area (Å²) in [6.07, 6.45) is -0.433. The highest BCUT2D eigenvalue weighted by molar-refractivity contribution is 9.10. The van der Waals surface area contributed by atoms with Crippen LogP contribution in [0.1, 0.15) is 19.8 Å². The molecule has 0 bridgehead atoms. The maximum absolute atomic E-state index is 12.3. The summed E-state index contributed by atoms with van der Waals surface area (Å²) in [6, 6.07) is 7.22. The van der Waals surface area contributed by atoms with Gasteiger partial charge in [-0.15, -0.1) is 0 Å². The number of nitrogens with one attached hydrogen (secondary N) is 1. The minimum Gasteiger partial charge on any atom is -0.481 e. The highest BCUT2D eigenvalue weighted by Gasteiger charge is 2.39. The van der Waals surface area contributed by atoms with Crippen LogP contribution in [-0.4, -0.2) is 41.8 Å². The van der Waals surface area contributed by atoms with Gasteiger partial charge in [-0.25, -0.2) is 0 Å². The van der Waals surface area contributed by atoms with Gasteiger partial charge >= 0.3 is 5.97 Å². The highest BCUT2D eigenvalue weighted by Crippen LogP contribution is 2.26. The van der Waals surface area contributed by atoms with E-state index in [9.17, 15) is 9.59 Å². The fourth-order valence-corrected chi connectivity index (χ4v) is 2.70. The first-order valence-electron chi connectivity index (χ1n) is 6.95. The summed E-state index contributed by atoms with van der Waals surface area (Å²) < 4.78 is 11.6. The molecule has 0 saturated carbocycles. The lowest BCUT2D eigenvalue weighted by Crippen LogP contribution is -2.53. The molecule has 22 heavy (non-hydrogen) atoms. The number of carboxylic acids is 1. The van der Waals surface area contributed by atoms with Crippen LogP contribution < -0.4 is 10.1 Å². The van der Waals surface area contributed by atoms with Gasteiger partial charge in [-0.3, -0.25) is 9.59 Å². The molecule has 1 aliphatic rings. The molecule has 1 aromatic carbocycles. The summed E-state index contributed by atoms with van der Waals surface area (Å²) in [6.45, 7) is 2.26. The number of rotatable bonds is 6. The summed E-state index contributed by atoms with van der Waals surface area (Å²) in [5, 5.41) is 11.8. The van der Waals surface area contributed by atoms with Crippen LogP contribution in [0.5, 0.6) is 5.75 Å². The van der Waals surface area contributed by atoms with Crippen LogP contribution >= 0.6 is 15.9 Å². The van der Waals surface area contributed by atoms with Crippen molar-refractivity contribution in [3.63, 3.8) is 0 Å². The van der Waals surface area contributed by atoms with Gasteiger partial charge in [0.2, 0.25) is 0 Å². The topological polar surface area (TPSA) is 84.9 Å². The number of carbonyl (C=O) groups excluding carboxylic acids is 1. The summed E-state index contributed by atoms with van der Waals surface area (Å²) in [4.78, 5) is 23.3. The van der Waals surface area contributed by atoms with Gasteiger partial charge in [0.05, 0.1) is 23.0 Å². The van der Waals surface area contributed by atoms with Crippen molar-refractivity contribution in [2.45, 2.75) is 31.4 Å². The number of benzene rings is 1. The second-order valence-corrected chi connectivity index (χ2v) is 6.19. The number of amides is 1. The zero-order valence-electron chi connectivity index (χ0n) is 12.2. The predicted molar refractivity (Wildman–Crippen MR) is 82.8 cm³/mol. The Balaban J connectivity index is 2.01. The first-order valence-corrected chi connectivity index (χ1v) is 7.74. The first-order chi connectivity index (χ1) is 10.4. The normalized spacial score (nSPS) is 22.1. The SMILES string of the molecule is CC(Oc1ccccc1Br)C(=O)NC1(CC(=O)O)CCOC1. The summed E-state index contributed by atoms with van der Waals surface area (Å²) >= 11 is 3.35. The molecule has 2 unspecified atom stereocenters. The minimum absolute atomic E-state index is 0.166. The Morgan fingerprint density at radius 1 is 1.50 bits per heavy atom. The van der Waals surface area contributed by atoms with Gasteiger partial charge in [0.15, 0.2) is 6.10 Å². The summed E-state index contributed by atoms with van der Waals surface area (Å²) in [7, 11) is 0. The largest absolute Gasteiger partial charge is 0.481 e. The first kappa shape index (κ1) is 16.8. The van der Waals surface area contributed by atoms with Gasteiger partial charge in [-0.1, -0.05) is 12.1 Å². The van der Waals surface area contributed by atoms with E-state index in [0.717, 1.165) is 4.47 Å². The zero-order valence-corrected chi connectivity index (χ0v) is 13.8. The molecule has 1 heterocycles. The van der Waals surface area contributed by atoms with E-state index in [1.165, 1.54) is 0 Å². The standard InChI is InChI=1S/C15H18BrNO5/c1-10(22-12-5-3-2-4-11(12)16)14(20)17-15(8-13(18)19)6-7-21-9-15/h2-5,10H,6-9H2,1H3,(H,17,20)(H,18,19). The van der Waals surface area contributed by atoms with Crippen LogP contribution in [0.2, 0.25) is 0 Å². The number of carboxylic acid groups (broad SMARTS) is 1. The van der Waals surface area contributed by atoms with Crippen molar-refractivity contribution in [2.75, 3.05) is 13.2 Å². The molecule has 2 rings (SSSR count). The quantitative estimate of drug-likeness (QED) is 0.798. The molecule has 2 N–H and O–H groups in total. The minimum atomic E-state index is -0.967. The van der Waals surface area contributed by atoms with E-state index in [0.29, 0.717) is 18.8 Å². The number of hydrogen-bond donors (Lipinski definition) is 2. The van der Waals surface area contributed by atoms with Crippen LogP contribution in [0.15, 0.2) is 28.7 Å². The van der Waals surface area contributed by atoms with Crippen molar-refractivity contribution < 1.29 is 24.2 Å². The van der Waals surface area contributed by atoms with Gasteiger partial charge in [0, 0.05) is 6.61 Å². The van der Waals surface area contributed by atoms with Gasteiger partial charge < -0.3 is 19.9 Å². The van der Waals surface area contributed by atoms with E-state index in [1.807, 2.05) is 12.1 Å². The fraction of sp³-hybridized carbons (Fsp3) is 0.467.